The zero-order valence-electron chi connectivity index (χ0n) is 16.0. The van der Waals surface area contributed by atoms with Crippen molar-refractivity contribution in [1.29, 1.82) is 0 Å². The Balaban J connectivity index is 1.51. The van der Waals surface area contributed by atoms with E-state index in [0.29, 0.717) is 12.1 Å². The Kier molecular flexibility index (Phi) is 5.01. The number of carbonyl (C=O) groups is 2. The molecule has 1 N–H and O–H groups in total. The fourth-order valence-corrected chi connectivity index (χ4v) is 4.88. The molecule has 0 unspecified atom stereocenters. The molecule has 0 radical (unpaired) electrons. The third-order valence-electron chi connectivity index (χ3n) is 5.16. The zero-order valence-corrected chi connectivity index (χ0v) is 16.8. The van der Waals surface area contributed by atoms with Gasteiger partial charge in [0, 0.05) is 31.1 Å². The Labute approximate surface area is 168 Å². The van der Waals surface area contributed by atoms with E-state index >= 15 is 0 Å². The Morgan fingerprint density at radius 2 is 1.75 bits per heavy atom. The van der Waals surface area contributed by atoms with Crippen LogP contribution in [0.15, 0.2) is 54.6 Å². The van der Waals surface area contributed by atoms with Gasteiger partial charge in [-0.1, -0.05) is 36.4 Å². The molecule has 3 aromatic rings. The second-order valence-electron chi connectivity index (χ2n) is 7.06. The molecule has 1 heterocycles. The Hall–Kier alpha value is -2.92. The normalized spacial score (nSPS) is 12.1. The third-order valence-corrected chi connectivity index (χ3v) is 6.35. The molecule has 4 rings (SSSR count). The summed E-state index contributed by atoms with van der Waals surface area (Å²) in [6.45, 7) is 0.506. The number of fused-ring (bicyclic) bond motifs is 3. The molecule has 0 aliphatic heterocycles. The van der Waals surface area contributed by atoms with Crippen LogP contribution < -0.4 is 5.32 Å². The molecule has 0 bridgehead atoms. The van der Waals surface area contributed by atoms with Gasteiger partial charge in [0.15, 0.2) is 0 Å². The number of benzene rings is 2. The van der Waals surface area contributed by atoms with Gasteiger partial charge in [0.25, 0.3) is 11.8 Å². The van der Waals surface area contributed by atoms with Crippen LogP contribution in [0.5, 0.6) is 0 Å². The van der Waals surface area contributed by atoms with Crippen LogP contribution in [0.3, 0.4) is 0 Å². The van der Waals surface area contributed by atoms with Crippen molar-refractivity contribution in [1.82, 2.24) is 10.2 Å². The lowest BCUT2D eigenvalue weighted by molar-refractivity contribution is 0.0789. The molecule has 4 nitrogen and oxygen atoms in total. The average molecular weight is 391 g/mol. The van der Waals surface area contributed by atoms with Gasteiger partial charge < -0.3 is 10.2 Å². The maximum atomic E-state index is 13.0. The second-order valence-corrected chi connectivity index (χ2v) is 8.11. The largest absolute Gasteiger partial charge is 0.355 e. The fraction of sp³-hybridized carbons (Fsp3) is 0.217. The lowest BCUT2D eigenvalue weighted by Gasteiger charge is -2.16. The minimum atomic E-state index is -0.111. The molecule has 1 aliphatic carbocycles. The summed E-state index contributed by atoms with van der Waals surface area (Å²) in [5.41, 5.74) is 5.51. The number of amides is 2. The number of thiophene rings is 1. The van der Waals surface area contributed by atoms with Gasteiger partial charge in [-0.2, -0.15) is 0 Å². The van der Waals surface area contributed by atoms with Crippen LogP contribution in [-0.4, -0.2) is 30.8 Å². The van der Waals surface area contributed by atoms with Crippen molar-refractivity contribution in [2.24, 2.45) is 0 Å². The molecule has 0 spiro atoms. The molecule has 2 aromatic carbocycles. The monoisotopic (exact) mass is 390 g/mol. The highest BCUT2D eigenvalue weighted by atomic mass is 32.1. The highest BCUT2D eigenvalue weighted by molar-refractivity contribution is 7.17. The van der Waals surface area contributed by atoms with Gasteiger partial charge in [-0.3, -0.25) is 9.59 Å². The molecule has 0 atom stereocenters. The molecular weight excluding hydrogens is 368 g/mol. The first-order chi connectivity index (χ1) is 13.6. The topological polar surface area (TPSA) is 49.4 Å². The van der Waals surface area contributed by atoms with Gasteiger partial charge in [-0.15, -0.1) is 11.3 Å². The smallest absolute Gasteiger partial charge is 0.263 e. The molecule has 142 valence electrons. The first-order valence-electron chi connectivity index (χ1n) is 9.34. The lowest BCUT2D eigenvalue weighted by Crippen LogP contribution is -2.25. The summed E-state index contributed by atoms with van der Waals surface area (Å²) in [4.78, 5) is 28.4. The minimum Gasteiger partial charge on any atom is -0.355 e. The van der Waals surface area contributed by atoms with Crippen LogP contribution >= 0.6 is 11.3 Å². The maximum Gasteiger partial charge on any atom is 0.263 e. The van der Waals surface area contributed by atoms with Crippen LogP contribution in [0.2, 0.25) is 0 Å². The van der Waals surface area contributed by atoms with Gasteiger partial charge in [0.1, 0.15) is 0 Å². The third kappa shape index (κ3) is 3.45. The van der Waals surface area contributed by atoms with Crippen molar-refractivity contribution in [3.8, 4) is 10.4 Å². The van der Waals surface area contributed by atoms with Crippen molar-refractivity contribution < 1.29 is 9.59 Å². The molecule has 2 amide bonds. The van der Waals surface area contributed by atoms with E-state index in [2.05, 4.69) is 35.6 Å². The van der Waals surface area contributed by atoms with E-state index in [1.807, 2.05) is 19.2 Å². The number of carbonyl (C=O) groups excluding carboxylic acids is 2. The van der Waals surface area contributed by atoms with E-state index in [1.165, 1.54) is 21.6 Å². The van der Waals surface area contributed by atoms with Gasteiger partial charge >= 0.3 is 0 Å². The van der Waals surface area contributed by atoms with Crippen LogP contribution in [0.4, 0.5) is 0 Å². The molecule has 28 heavy (non-hydrogen) atoms. The summed E-state index contributed by atoms with van der Waals surface area (Å²) in [5.74, 6) is -0.0762. The van der Waals surface area contributed by atoms with E-state index in [0.717, 1.165) is 23.3 Å². The Morgan fingerprint density at radius 3 is 2.50 bits per heavy atom. The predicted molar refractivity (Wildman–Crippen MR) is 113 cm³/mol. The quantitative estimate of drug-likeness (QED) is 0.728. The number of aryl methyl sites for hydroxylation is 2. The highest BCUT2D eigenvalue weighted by Gasteiger charge is 2.23. The average Bonchev–Trinajstić information content (AvgIpc) is 3.18. The summed E-state index contributed by atoms with van der Waals surface area (Å²) >= 11 is 1.59. The number of nitrogens with zero attached hydrogens (tertiary/aromatic N) is 1. The molecule has 1 aromatic heterocycles. The molecule has 5 heteroatoms. The van der Waals surface area contributed by atoms with Gasteiger partial charge in [-0.05, 0) is 53.3 Å². The fourth-order valence-electron chi connectivity index (χ4n) is 3.62. The van der Waals surface area contributed by atoms with Crippen molar-refractivity contribution >= 4 is 23.2 Å². The summed E-state index contributed by atoms with van der Waals surface area (Å²) in [6, 6.07) is 17.9. The first kappa shape index (κ1) is 18.4. The summed E-state index contributed by atoms with van der Waals surface area (Å²) in [6.07, 6.45) is 2.02. The Bertz CT molecular complexity index is 1040. The molecule has 0 saturated heterocycles. The molecular formula is C23H22N2O2S. The summed E-state index contributed by atoms with van der Waals surface area (Å²) in [7, 11) is 3.43. The number of rotatable bonds is 4. The summed E-state index contributed by atoms with van der Waals surface area (Å²) in [5, 5.41) is 2.61. The molecule has 0 fully saturated rings. The van der Waals surface area contributed by atoms with Crippen LogP contribution in [-0.2, 0) is 19.4 Å². The molecule has 0 saturated carbocycles. The van der Waals surface area contributed by atoms with Gasteiger partial charge in [0.2, 0.25) is 0 Å². The van der Waals surface area contributed by atoms with Gasteiger partial charge in [0.05, 0.1) is 4.88 Å². The first-order valence-corrected chi connectivity index (χ1v) is 10.2. The number of hydrogen-bond acceptors (Lipinski definition) is 3. The van der Waals surface area contributed by atoms with Crippen molar-refractivity contribution in [2.75, 3.05) is 14.1 Å². The lowest BCUT2D eigenvalue weighted by atomic mass is 9.91. The van der Waals surface area contributed by atoms with Crippen molar-refractivity contribution in [2.45, 2.75) is 19.4 Å². The van der Waals surface area contributed by atoms with Crippen LogP contribution in [0.25, 0.3) is 10.4 Å². The standard InChI is InChI=1S/C23H22N2O2S/c1-24-22(26)17-9-7-15(8-10-17)14-25(2)23(27)20-13-18-12-11-16-5-3-4-6-19(16)21(18)28-20/h3-10,13H,11-12,14H2,1-2H3,(H,24,26). The number of nitrogens with one attached hydrogen (secondary N) is 1. The maximum absolute atomic E-state index is 13.0. The minimum absolute atomic E-state index is 0.0345. The summed E-state index contributed by atoms with van der Waals surface area (Å²) < 4.78 is 0. The SMILES string of the molecule is CNC(=O)c1ccc(CN(C)C(=O)c2cc3c(s2)-c2ccccc2CC3)cc1. The van der Waals surface area contributed by atoms with Crippen LogP contribution in [0, 0.1) is 0 Å². The second kappa shape index (κ2) is 7.60. The van der Waals surface area contributed by atoms with E-state index in [-0.39, 0.29) is 11.8 Å². The van der Waals surface area contributed by atoms with Crippen LogP contribution in [0.1, 0.15) is 36.7 Å². The highest BCUT2D eigenvalue weighted by Crippen LogP contribution is 2.39. The van der Waals surface area contributed by atoms with Gasteiger partial charge in [-0.25, -0.2) is 0 Å². The Morgan fingerprint density at radius 1 is 1.04 bits per heavy atom. The van der Waals surface area contributed by atoms with Crippen molar-refractivity contribution in [3.63, 3.8) is 0 Å². The predicted octanol–water partition coefficient (Wildman–Crippen LogP) is 4.15. The van der Waals surface area contributed by atoms with E-state index in [4.69, 9.17) is 0 Å². The van der Waals surface area contributed by atoms with E-state index in [9.17, 15) is 9.59 Å². The number of hydrogen-bond donors (Lipinski definition) is 1. The van der Waals surface area contributed by atoms with Crippen molar-refractivity contribution in [3.05, 3.63) is 81.7 Å². The zero-order chi connectivity index (χ0) is 19.7. The van der Waals surface area contributed by atoms with E-state index < -0.39 is 0 Å². The molecule has 1 aliphatic rings. The van der Waals surface area contributed by atoms with E-state index in [1.54, 1.807) is 35.4 Å².